The first-order chi connectivity index (χ1) is 22.9. The van der Waals surface area contributed by atoms with Crippen molar-refractivity contribution in [3.05, 3.63) is 128 Å². The molecule has 0 amide bonds. The minimum Gasteiger partial charge on any atom is -0.494 e. The number of Topliss-reactive ketones (excluding diaryl/α,β-unsaturated/α-hetero) is 1. The third-order valence-corrected chi connectivity index (χ3v) is 7.30. The fourth-order valence-electron chi connectivity index (χ4n) is 4.69. The molecule has 0 fully saturated rings. The maximum absolute atomic E-state index is 12.7. The Bertz CT molecular complexity index is 1600. The molecule has 7 nitrogen and oxygen atoms in total. The van der Waals surface area contributed by atoms with Crippen molar-refractivity contribution < 1.29 is 33.3 Å². The predicted octanol–water partition coefficient (Wildman–Crippen LogP) is 8.82. The average molecular weight is 633 g/mol. The van der Waals surface area contributed by atoms with Gasteiger partial charge in [0.15, 0.2) is 0 Å². The van der Waals surface area contributed by atoms with E-state index in [0.717, 1.165) is 53.7 Å². The fraction of sp³-hybridized carbons (Fsp3) is 0.225. The minimum atomic E-state index is -0.435. The molecule has 47 heavy (non-hydrogen) atoms. The molecule has 4 aromatic rings. The molecule has 0 saturated heterocycles. The van der Waals surface area contributed by atoms with Gasteiger partial charge in [0.25, 0.3) is 0 Å². The van der Waals surface area contributed by atoms with E-state index in [1.54, 1.807) is 42.5 Å². The number of hydrogen-bond donors (Lipinski definition) is 0. The number of esters is 2. The van der Waals surface area contributed by atoms with Gasteiger partial charge >= 0.3 is 11.9 Å². The second kappa shape index (κ2) is 18.5. The van der Waals surface area contributed by atoms with Crippen molar-refractivity contribution in [1.82, 2.24) is 0 Å². The van der Waals surface area contributed by atoms with Gasteiger partial charge in [0, 0.05) is 18.9 Å². The van der Waals surface area contributed by atoms with Crippen molar-refractivity contribution in [2.24, 2.45) is 0 Å². The molecule has 242 valence electrons. The van der Waals surface area contributed by atoms with Crippen LogP contribution in [0.5, 0.6) is 17.2 Å². The number of unbranched alkanes of at least 4 members (excludes halogenated alkanes) is 3. The summed E-state index contributed by atoms with van der Waals surface area (Å²) in [6.45, 7) is 8.28. The first kappa shape index (κ1) is 34.4. The van der Waals surface area contributed by atoms with Crippen molar-refractivity contribution in [3.63, 3.8) is 0 Å². The van der Waals surface area contributed by atoms with Crippen LogP contribution in [0.2, 0.25) is 0 Å². The highest BCUT2D eigenvalue weighted by Gasteiger charge is 2.10. The Kier molecular flexibility index (Phi) is 13.6. The summed E-state index contributed by atoms with van der Waals surface area (Å²) < 4.78 is 22.0. The molecule has 0 aliphatic carbocycles. The number of carbonyl (C=O) groups excluding carboxylic acids is 3. The van der Waals surface area contributed by atoms with Crippen LogP contribution in [0.25, 0.3) is 22.3 Å². The van der Waals surface area contributed by atoms with E-state index in [0.29, 0.717) is 49.7 Å². The highest BCUT2D eigenvalue weighted by atomic mass is 16.5. The average Bonchev–Trinajstić information content (AvgIpc) is 3.10. The molecule has 0 bridgehead atoms. The molecule has 0 spiro atoms. The normalized spacial score (nSPS) is 10.5. The molecule has 4 rings (SSSR count). The number of rotatable bonds is 19. The molecule has 0 unspecified atom stereocenters. The third kappa shape index (κ3) is 11.5. The van der Waals surface area contributed by atoms with Crippen LogP contribution in [0.15, 0.2) is 122 Å². The second-order valence-electron chi connectivity index (χ2n) is 10.8. The summed E-state index contributed by atoms with van der Waals surface area (Å²) >= 11 is 0. The van der Waals surface area contributed by atoms with Crippen LogP contribution in [-0.4, -0.2) is 37.5 Å². The highest BCUT2D eigenvalue weighted by Crippen LogP contribution is 2.27. The Balaban J connectivity index is 1.20. The summed E-state index contributed by atoms with van der Waals surface area (Å²) in [6.07, 6.45) is 7.13. The quantitative estimate of drug-likeness (QED) is 0.0336. The van der Waals surface area contributed by atoms with Crippen LogP contribution >= 0.6 is 0 Å². The number of hydrogen-bond acceptors (Lipinski definition) is 7. The monoisotopic (exact) mass is 632 g/mol. The van der Waals surface area contributed by atoms with Gasteiger partial charge in [-0.15, -0.1) is 6.58 Å². The van der Waals surface area contributed by atoms with Crippen LogP contribution < -0.4 is 14.2 Å². The van der Waals surface area contributed by atoms with Gasteiger partial charge in [-0.25, -0.2) is 9.59 Å². The second-order valence-corrected chi connectivity index (χ2v) is 10.8. The van der Waals surface area contributed by atoms with Crippen molar-refractivity contribution in [2.75, 3.05) is 19.8 Å². The standard InChI is InChI=1S/C40H40O7/c1-3-9-35(41)26-29-45-36-20-18-33(19-21-36)31-12-10-30(11-13-31)32-14-16-34(17-15-32)40(43)47-38-24-22-37(23-25-38)44-27-7-5-6-8-28-46-39(42)4-2/h3-4,10-25H,1-2,5-9,26-29H2. The molecular weight excluding hydrogens is 592 g/mol. The van der Waals surface area contributed by atoms with E-state index in [-0.39, 0.29) is 5.78 Å². The van der Waals surface area contributed by atoms with Crippen LogP contribution in [0.1, 0.15) is 48.9 Å². The Morgan fingerprint density at radius 3 is 1.57 bits per heavy atom. The van der Waals surface area contributed by atoms with Crippen molar-refractivity contribution in [2.45, 2.75) is 38.5 Å². The number of carbonyl (C=O) groups is 3. The van der Waals surface area contributed by atoms with E-state index in [1.165, 1.54) is 6.08 Å². The SMILES string of the molecule is C=CCC(=O)CCOc1ccc(-c2ccc(-c3ccc(C(=O)Oc4ccc(OCCCCCCOC(=O)C=C)cc4)cc3)cc2)cc1. The lowest BCUT2D eigenvalue weighted by Crippen LogP contribution is -2.08. The summed E-state index contributed by atoms with van der Waals surface area (Å²) in [7, 11) is 0. The highest BCUT2D eigenvalue weighted by molar-refractivity contribution is 5.91. The van der Waals surface area contributed by atoms with Gasteiger partial charge in [0.05, 0.1) is 25.4 Å². The van der Waals surface area contributed by atoms with E-state index in [2.05, 4.69) is 25.3 Å². The third-order valence-electron chi connectivity index (χ3n) is 7.30. The molecule has 0 heterocycles. The lowest BCUT2D eigenvalue weighted by Gasteiger charge is -2.09. The lowest BCUT2D eigenvalue weighted by atomic mass is 9.99. The van der Waals surface area contributed by atoms with Crippen LogP contribution in [0, 0.1) is 0 Å². The number of ether oxygens (including phenoxy) is 4. The molecule has 4 aromatic carbocycles. The molecule has 0 aromatic heterocycles. The summed E-state index contributed by atoms with van der Waals surface area (Å²) in [5.41, 5.74) is 4.60. The van der Waals surface area contributed by atoms with E-state index in [4.69, 9.17) is 18.9 Å². The summed E-state index contributed by atoms with van der Waals surface area (Å²) in [5.74, 6) is 1.16. The van der Waals surface area contributed by atoms with Gasteiger partial charge in [-0.3, -0.25) is 4.79 Å². The number of ketones is 1. The molecule has 0 aliphatic rings. The molecule has 0 saturated carbocycles. The first-order valence-electron chi connectivity index (χ1n) is 15.8. The first-order valence-corrected chi connectivity index (χ1v) is 15.8. The molecule has 0 N–H and O–H groups in total. The Labute approximate surface area is 276 Å². The van der Waals surface area contributed by atoms with E-state index < -0.39 is 11.9 Å². The zero-order chi connectivity index (χ0) is 33.3. The Morgan fingerprint density at radius 1 is 0.553 bits per heavy atom. The number of allylic oxidation sites excluding steroid dienone is 1. The van der Waals surface area contributed by atoms with E-state index in [1.807, 2.05) is 48.5 Å². The predicted molar refractivity (Wildman–Crippen MR) is 184 cm³/mol. The van der Waals surface area contributed by atoms with Gasteiger partial charge in [0.2, 0.25) is 0 Å². The Hall–Kier alpha value is -5.43. The number of benzene rings is 4. The zero-order valence-electron chi connectivity index (χ0n) is 26.5. The molecule has 0 aliphatic heterocycles. The largest absolute Gasteiger partial charge is 0.494 e. The maximum atomic E-state index is 12.7. The van der Waals surface area contributed by atoms with Gasteiger partial charge in [-0.05, 0) is 96.5 Å². The molecule has 0 radical (unpaired) electrons. The molecule has 0 atom stereocenters. The minimum absolute atomic E-state index is 0.113. The fourth-order valence-corrected chi connectivity index (χ4v) is 4.69. The van der Waals surface area contributed by atoms with E-state index >= 15 is 0 Å². The summed E-state index contributed by atoms with van der Waals surface area (Å²) in [5, 5.41) is 0. The summed E-state index contributed by atoms with van der Waals surface area (Å²) in [6, 6.07) is 30.3. The lowest BCUT2D eigenvalue weighted by molar-refractivity contribution is -0.137. The van der Waals surface area contributed by atoms with Crippen LogP contribution in [0.4, 0.5) is 0 Å². The van der Waals surface area contributed by atoms with Crippen molar-refractivity contribution in [1.29, 1.82) is 0 Å². The van der Waals surface area contributed by atoms with Crippen molar-refractivity contribution >= 4 is 17.7 Å². The maximum Gasteiger partial charge on any atom is 0.343 e. The van der Waals surface area contributed by atoms with Gasteiger partial charge in [-0.2, -0.15) is 0 Å². The molecule has 7 heteroatoms. The van der Waals surface area contributed by atoms with Crippen molar-refractivity contribution in [3.8, 4) is 39.5 Å². The topological polar surface area (TPSA) is 88.1 Å². The zero-order valence-corrected chi connectivity index (χ0v) is 26.5. The van der Waals surface area contributed by atoms with Crippen LogP contribution in [-0.2, 0) is 14.3 Å². The van der Waals surface area contributed by atoms with Gasteiger partial charge in [0.1, 0.15) is 23.0 Å². The van der Waals surface area contributed by atoms with Gasteiger partial charge in [-0.1, -0.05) is 61.2 Å². The van der Waals surface area contributed by atoms with E-state index in [9.17, 15) is 14.4 Å². The molecular formula is C40H40O7. The van der Waals surface area contributed by atoms with Gasteiger partial charge < -0.3 is 18.9 Å². The summed E-state index contributed by atoms with van der Waals surface area (Å²) in [4.78, 5) is 35.4. The Morgan fingerprint density at radius 2 is 1.02 bits per heavy atom. The van der Waals surface area contributed by atoms with Crippen LogP contribution in [0.3, 0.4) is 0 Å². The smallest absolute Gasteiger partial charge is 0.343 e.